The molecule has 2 aliphatic carbocycles. The van der Waals surface area contributed by atoms with Gasteiger partial charge in [0.25, 0.3) is 0 Å². The van der Waals surface area contributed by atoms with E-state index in [2.05, 4.69) is 51.7 Å². The zero-order valence-electron chi connectivity index (χ0n) is 13.3. The molecule has 0 spiro atoms. The Kier molecular flexibility index (Phi) is 2.81. The van der Waals surface area contributed by atoms with Crippen LogP contribution in [0.4, 0.5) is 0 Å². The Hall–Kier alpha value is -0.563. The van der Waals surface area contributed by atoms with Crippen LogP contribution in [0, 0.1) is 5.41 Å². The van der Waals surface area contributed by atoms with Crippen molar-refractivity contribution < 1.29 is 0 Å². The van der Waals surface area contributed by atoms with Crippen LogP contribution in [0.2, 0.25) is 19.6 Å². The molecule has 104 valence electrons. The van der Waals surface area contributed by atoms with Gasteiger partial charge in [0.2, 0.25) is 0 Å². The Morgan fingerprint density at radius 1 is 1.00 bits per heavy atom. The van der Waals surface area contributed by atoms with E-state index in [0.717, 1.165) is 0 Å². The van der Waals surface area contributed by atoms with Crippen LogP contribution in [0.15, 0.2) is 18.2 Å². The quantitative estimate of drug-likeness (QED) is 0.654. The lowest BCUT2D eigenvalue weighted by Gasteiger charge is -2.46. The first kappa shape index (κ1) is 13.4. The van der Waals surface area contributed by atoms with Crippen molar-refractivity contribution in [1.29, 1.82) is 0 Å². The minimum absolute atomic E-state index is 0.441. The van der Waals surface area contributed by atoms with Gasteiger partial charge in [-0.25, -0.2) is 0 Å². The van der Waals surface area contributed by atoms with Crippen molar-refractivity contribution in [2.45, 2.75) is 71.0 Å². The fourth-order valence-corrected chi connectivity index (χ4v) is 5.61. The van der Waals surface area contributed by atoms with Crippen molar-refractivity contribution in [2.75, 3.05) is 0 Å². The molecule has 1 saturated carbocycles. The maximum atomic E-state index is 2.60. The second-order valence-corrected chi connectivity index (χ2v) is 13.5. The SMILES string of the molecule is CC12CCCCC1(C)c1cc([Si](C)(C)C)ccc1C2. The first-order valence-electron chi connectivity index (χ1n) is 7.90. The van der Waals surface area contributed by atoms with Crippen LogP contribution in [0.3, 0.4) is 0 Å². The molecule has 3 rings (SSSR count). The number of hydrogen-bond donors (Lipinski definition) is 0. The first-order chi connectivity index (χ1) is 8.76. The Bertz CT molecular complexity index is 511. The van der Waals surface area contributed by atoms with Crippen LogP contribution in [0.25, 0.3) is 0 Å². The average Bonchev–Trinajstić information content (AvgIpc) is 2.55. The van der Waals surface area contributed by atoms with Gasteiger partial charge in [-0.1, -0.05) is 69.7 Å². The predicted molar refractivity (Wildman–Crippen MR) is 87.1 cm³/mol. The zero-order chi connectivity index (χ0) is 13.9. The van der Waals surface area contributed by atoms with Gasteiger partial charge in [-0.3, -0.25) is 0 Å². The summed E-state index contributed by atoms with van der Waals surface area (Å²) in [6.45, 7) is 12.5. The third kappa shape index (κ3) is 1.85. The summed E-state index contributed by atoms with van der Waals surface area (Å²) in [4.78, 5) is 0. The summed E-state index contributed by atoms with van der Waals surface area (Å²) in [5.41, 5.74) is 4.31. The van der Waals surface area contributed by atoms with E-state index in [1.807, 2.05) is 0 Å². The van der Waals surface area contributed by atoms with Gasteiger partial charge in [0.05, 0.1) is 8.07 Å². The lowest BCUT2D eigenvalue weighted by atomic mass is 9.58. The van der Waals surface area contributed by atoms with Gasteiger partial charge in [-0.05, 0) is 41.2 Å². The minimum atomic E-state index is -1.19. The van der Waals surface area contributed by atoms with Crippen LogP contribution in [-0.2, 0) is 11.8 Å². The fraction of sp³-hybridized carbons (Fsp3) is 0.667. The Balaban J connectivity index is 2.13. The highest BCUT2D eigenvalue weighted by molar-refractivity contribution is 6.88. The van der Waals surface area contributed by atoms with Crippen LogP contribution in [0.1, 0.15) is 50.7 Å². The molecule has 2 unspecified atom stereocenters. The Labute approximate surface area is 119 Å². The molecule has 0 nitrogen and oxygen atoms in total. The molecule has 2 atom stereocenters. The second-order valence-electron chi connectivity index (χ2n) is 8.40. The zero-order valence-corrected chi connectivity index (χ0v) is 14.3. The molecule has 0 saturated heterocycles. The summed E-state index contributed by atoms with van der Waals surface area (Å²) in [7, 11) is -1.19. The van der Waals surface area contributed by atoms with Crippen LogP contribution in [0.5, 0.6) is 0 Å². The highest BCUT2D eigenvalue weighted by Crippen LogP contribution is 2.58. The molecular weight excluding hydrogens is 244 g/mol. The van der Waals surface area contributed by atoms with Crippen molar-refractivity contribution in [3.8, 4) is 0 Å². The summed E-state index contributed by atoms with van der Waals surface area (Å²) in [6, 6.07) is 7.48. The third-order valence-corrected chi connectivity index (χ3v) is 8.18. The van der Waals surface area contributed by atoms with E-state index in [1.165, 1.54) is 32.1 Å². The lowest BCUT2D eigenvalue weighted by molar-refractivity contribution is 0.110. The van der Waals surface area contributed by atoms with Crippen LogP contribution < -0.4 is 5.19 Å². The average molecular weight is 273 g/mol. The standard InChI is InChI=1S/C18H28Si/c1-17-10-6-7-11-18(17,2)16-12-15(19(3,4)5)9-8-14(16)13-17/h8-9,12H,6-7,10-11,13H2,1-5H3. The maximum Gasteiger partial charge on any atom is 0.0776 e. The van der Waals surface area contributed by atoms with Gasteiger partial charge < -0.3 is 0 Å². The molecule has 0 radical (unpaired) electrons. The van der Waals surface area contributed by atoms with E-state index in [0.29, 0.717) is 10.8 Å². The second kappa shape index (κ2) is 3.97. The Morgan fingerprint density at radius 2 is 1.68 bits per heavy atom. The van der Waals surface area contributed by atoms with Gasteiger partial charge in [-0.2, -0.15) is 0 Å². The molecule has 2 aliphatic rings. The van der Waals surface area contributed by atoms with E-state index in [9.17, 15) is 0 Å². The lowest BCUT2D eigenvalue weighted by Crippen LogP contribution is -2.42. The largest absolute Gasteiger partial charge is 0.0776 e. The minimum Gasteiger partial charge on any atom is -0.0656 e. The van der Waals surface area contributed by atoms with E-state index in [1.54, 1.807) is 16.3 Å². The smallest absolute Gasteiger partial charge is 0.0656 e. The topological polar surface area (TPSA) is 0 Å². The number of benzene rings is 1. The normalized spacial score (nSPS) is 33.9. The third-order valence-electron chi connectivity index (χ3n) is 6.14. The molecule has 1 heteroatoms. The summed E-state index contributed by atoms with van der Waals surface area (Å²) >= 11 is 0. The first-order valence-corrected chi connectivity index (χ1v) is 11.4. The van der Waals surface area contributed by atoms with Crippen LogP contribution >= 0.6 is 0 Å². The highest BCUT2D eigenvalue weighted by Gasteiger charge is 2.52. The van der Waals surface area contributed by atoms with Gasteiger partial charge in [0.15, 0.2) is 0 Å². The van der Waals surface area contributed by atoms with Gasteiger partial charge in [0.1, 0.15) is 0 Å². The molecular formula is C18H28Si. The molecule has 0 bridgehead atoms. The highest BCUT2D eigenvalue weighted by atomic mass is 28.3. The molecule has 0 aliphatic heterocycles. The monoisotopic (exact) mass is 272 g/mol. The van der Waals surface area contributed by atoms with Crippen molar-refractivity contribution >= 4 is 13.3 Å². The molecule has 19 heavy (non-hydrogen) atoms. The molecule has 1 aromatic rings. The predicted octanol–water partition coefficient (Wildman–Crippen LogP) is 4.63. The van der Waals surface area contributed by atoms with Crippen molar-refractivity contribution in [3.05, 3.63) is 29.3 Å². The summed E-state index contributed by atoms with van der Waals surface area (Å²) in [5.74, 6) is 0. The van der Waals surface area contributed by atoms with Crippen molar-refractivity contribution in [3.63, 3.8) is 0 Å². The molecule has 0 amide bonds. The maximum absolute atomic E-state index is 2.60. The molecule has 1 aromatic carbocycles. The van der Waals surface area contributed by atoms with Gasteiger partial charge in [0, 0.05) is 0 Å². The van der Waals surface area contributed by atoms with E-state index in [4.69, 9.17) is 0 Å². The molecule has 0 aromatic heterocycles. The summed E-state index contributed by atoms with van der Waals surface area (Å²) in [6.07, 6.45) is 6.97. The van der Waals surface area contributed by atoms with Crippen LogP contribution in [-0.4, -0.2) is 8.07 Å². The van der Waals surface area contributed by atoms with E-state index >= 15 is 0 Å². The summed E-state index contributed by atoms with van der Waals surface area (Å²) < 4.78 is 0. The van der Waals surface area contributed by atoms with E-state index < -0.39 is 8.07 Å². The molecule has 0 N–H and O–H groups in total. The van der Waals surface area contributed by atoms with E-state index in [-0.39, 0.29) is 0 Å². The van der Waals surface area contributed by atoms with Gasteiger partial charge >= 0.3 is 0 Å². The number of rotatable bonds is 1. The number of hydrogen-bond acceptors (Lipinski definition) is 0. The fourth-order valence-electron chi connectivity index (χ4n) is 4.45. The van der Waals surface area contributed by atoms with Gasteiger partial charge in [-0.15, -0.1) is 0 Å². The number of fused-ring (bicyclic) bond motifs is 3. The molecule has 0 heterocycles. The summed E-state index contributed by atoms with van der Waals surface area (Å²) in [5, 5.41) is 1.64. The van der Waals surface area contributed by atoms with Crippen molar-refractivity contribution in [1.82, 2.24) is 0 Å². The van der Waals surface area contributed by atoms with Crippen molar-refractivity contribution in [2.24, 2.45) is 5.41 Å². The Morgan fingerprint density at radius 3 is 2.37 bits per heavy atom. The molecule has 1 fully saturated rings.